The van der Waals surface area contributed by atoms with Gasteiger partial charge in [-0.15, -0.1) is 0 Å². The summed E-state index contributed by atoms with van der Waals surface area (Å²) in [5, 5.41) is 8.41. The monoisotopic (exact) mass is 143 g/mol. The highest BCUT2D eigenvalue weighted by atomic mass is 16.5. The van der Waals surface area contributed by atoms with E-state index in [0.717, 1.165) is 6.42 Å². The van der Waals surface area contributed by atoms with Crippen molar-refractivity contribution in [1.82, 2.24) is 0 Å². The standard InChI is InChI=1S/C7H13NO2/c8-6-1-2-7(5-6)10-4-3-9/h1-2,6-7,9H,3-5,8H2. The number of ether oxygens (including phenoxy) is 1. The maximum Gasteiger partial charge on any atom is 0.0775 e. The molecule has 0 aromatic heterocycles. The number of aliphatic hydroxyl groups excluding tert-OH is 1. The third kappa shape index (κ3) is 2.10. The number of nitrogens with two attached hydrogens (primary N) is 1. The Morgan fingerprint density at radius 1 is 1.60 bits per heavy atom. The van der Waals surface area contributed by atoms with E-state index in [1.807, 2.05) is 12.2 Å². The number of aliphatic hydroxyl groups is 1. The minimum Gasteiger partial charge on any atom is -0.394 e. The Hall–Kier alpha value is -0.380. The van der Waals surface area contributed by atoms with Gasteiger partial charge in [-0.25, -0.2) is 0 Å². The average molecular weight is 143 g/mol. The van der Waals surface area contributed by atoms with Gasteiger partial charge < -0.3 is 15.6 Å². The molecule has 0 aromatic rings. The molecular formula is C7H13NO2. The molecule has 2 atom stereocenters. The van der Waals surface area contributed by atoms with E-state index in [-0.39, 0.29) is 18.8 Å². The Morgan fingerprint density at radius 2 is 2.40 bits per heavy atom. The van der Waals surface area contributed by atoms with E-state index in [1.165, 1.54) is 0 Å². The third-order valence-corrected chi connectivity index (χ3v) is 1.50. The second-order valence-corrected chi connectivity index (χ2v) is 2.42. The first-order valence-electron chi connectivity index (χ1n) is 3.49. The molecule has 0 heterocycles. The van der Waals surface area contributed by atoms with Crippen LogP contribution in [0.1, 0.15) is 6.42 Å². The molecule has 1 aliphatic rings. The van der Waals surface area contributed by atoms with Crippen LogP contribution in [0.4, 0.5) is 0 Å². The second kappa shape index (κ2) is 3.71. The largest absolute Gasteiger partial charge is 0.394 e. The van der Waals surface area contributed by atoms with Crippen molar-refractivity contribution in [2.45, 2.75) is 18.6 Å². The molecule has 1 rings (SSSR count). The lowest BCUT2D eigenvalue weighted by Gasteiger charge is -2.08. The molecule has 0 radical (unpaired) electrons. The van der Waals surface area contributed by atoms with Gasteiger partial charge in [0.1, 0.15) is 0 Å². The van der Waals surface area contributed by atoms with Gasteiger partial charge in [-0.05, 0) is 6.42 Å². The van der Waals surface area contributed by atoms with E-state index in [1.54, 1.807) is 0 Å². The fraction of sp³-hybridized carbons (Fsp3) is 0.714. The van der Waals surface area contributed by atoms with E-state index < -0.39 is 0 Å². The highest BCUT2D eigenvalue weighted by Gasteiger charge is 2.14. The topological polar surface area (TPSA) is 55.5 Å². The van der Waals surface area contributed by atoms with E-state index in [2.05, 4.69) is 0 Å². The molecule has 0 aromatic carbocycles. The Bertz CT molecular complexity index is 125. The second-order valence-electron chi connectivity index (χ2n) is 2.42. The van der Waals surface area contributed by atoms with Crippen LogP contribution in [0, 0.1) is 0 Å². The average Bonchev–Trinajstić information content (AvgIpc) is 2.31. The third-order valence-electron chi connectivity index (χ3n) is 1.50. The van der Waals surface area contributed by atoms with Crippen LogP contribution >= 0.6 is 0 Å². The molecule has 3 nitrogen and oxygen atoms in total. The van der Waals surface area contributed by atoms with Crippen LogP contribution < -0.4 is 5.73 Å². The summed E-state index contributed by atoms with van der Waals surface area (Å²) >= 11 is 0. The van der Waals surface area contributed by atoms with Gasteiger partial charge in [0.25, 0.3) is 0 Å². The Morgan fingerprint density at radius 3 is 2.90 bits per heavy atom. The summed E-state index contributed by atoms with van der Waals surface area (Å²) in [5.41, 5.74) is 5.57. The molecule has 10 heavy (non-hydrogen) atoms. The fourth-order valence-corrected chi connectivity index (χ4v) is 1.02. The maximum atomic E-state index is 8.41. The Kier molecular flexibility index (Phi) is 2.86. The number of hydrogen-bond donors (Lipinski definition) is 2. The summed E-state index contributed by atoms with van der Waals surface area (Å²) < 4.78 is 5.21. The van der Waals surface area contributed by atoms with Gasteiger partial charge in [0.2, 0.25) is 0 Å². The van der Waals surface area contributed by atoms with Crippen LogP contribution in [-0.4, -0.2) is 30.5 Å². The van der Waals surface area contributed by atoms with E-state index in [4.69, 9.17) is 15.6 Å². The lowest BCUT2D eigenvalue weighted by Crippen LogP contribution is -2.19. The van der Waals surface area contributed by atoms with Crippen molar-refractivity contribution in [1.29, 1.82) is 0 Å². The van der Waals surface area contributed by atoms with Crippen LogP contribution in [0.15, 0.2) is 12.2 Å². The quantitative estimate of drug-likeness (QED) is 0.531. The van der Waals surface area contributed by atoms with Gasteiger partial charge in [0.05, 0.1) is 19.3 Å². The van der Waals surface area contributed by atoms with E-state index >= 15 is 0 Å². The number of rotatable bonds is 3. The van der Waals surface area contributed by atoms with Crippen LogP contribution in [-0.2, 0) is 4.74 Å². The highest BCUT2D eigenvalue weighted by Crippen LogP contribution is 2.11. The van der Waals surface area contributed by atoms with Crippen LogP contribution in [0.25, 0.3) is 0 Å². The smallest absolute Gasteiger partial charge is 0.0775 e. The van der Waals surface area contributed by atoms with Gasteiger partial charge in [-0.1, -0.05) is 12.2 Å². The summed E-state index contributed by atoms with van der Waals surface area (Å²) in [4.78, 5) is 0. The van der Waals surface area contributed by atoms with Gasteiger partial charge in [0.15, 0.2) is 0 Å². The molecule has 58 valence electrons. The molecule has 0 aliphatic heterocycles. The van der Waals surface area contributed by atoms with Gasteiger partial charge in [0, 0.05) is 6.04 Å². The molecule has 2 unspecified atom stereocenters. The maximum absolute atomic E-state index is 8.41. The normalized spacial score (nSPS) is 31.4. The lowest BCUT2D eigenvalue weighted by atomic mass is 10.2. The zero-order chi connectivity index (χ0) is 7.40. The van der Waals surface area contributed by atoms with Crippen molar-refractivity contribution in [2.75, 3.05) is 13.2 Å². The summed E-state index contributed by atoms with van der Waals surface area (Å²) in [5.74, 6) is 0. The molecule has 3 N–H and O–H groups in total. The van der Waals surface area contributed by atoms with Crippen molar-refractivity contribution in [3.8, 4) is 0 Å². The van der Waals surface area contributed by atoms with E-state index in [0.29, 0.717) is 6.61 Å². The Labute approximate surface area is 60.5 Å². The fourth-order valence-electron chi connectivity index (χ4n) is 1.02. The van der Waals surface area contributed by atoms with Crippen molar-refractivity contribution < 1.29 is 9.84 Å². The summed E-state index contributed by atoms with van der Waals surface area (Å²) in [6.07, 6.45) is 4.85. The molecule has 0 bridgehead atoms. The molecule has 0 spiro atoms. The van der Waals surface area contributed by atoms with E-state index in [9.17, 15) is 0 Å². The molecule has 0 saturated carbocycles. The molecule has 0 saturated heterocycles. The summed E-state index contributed by atoms with van der Waals surface area (Å²) in [6, 6.07) is 0.142. The number of hydrogen-bond acceptors (Lipinski definition) is 3. The van der Waals surface area contributed by atoms with Gasteiger partial charge in [-0.3, -0.25) is 0 Å². The van der Waals surface area contributed by atoms with Crippen LogP contribution in [0.5, 0.6) is 0 Å². The van der Waals surface area contributed by atoms with Gasteiger partial charge >= 0.3 is 0 Å². The predicted molar refractivity (Wildman–Crippen MR) is 38.6 cm³/mol. The van der Waals surface area contributed by atoms with Crippen LogP contribution in [0.2, 0.25) is 0 Å². The minimum atomic E-state index is 0.0829. The highest BCUT2D eigenvalue weighted by molar-refractivity contribution is 5.05. The minimum absolute atomic E-state index is 0.0829. The first-order chi connectivity index (χ1) is 4.83. The lowest BCUT2D eigenvalue weighted by molar-refractivity contribution is 0.0533. The first kappa shape index (κ1) is 7.72. The summed E-state index contributed by atoms with van der Waals surface area (Å²) in [6.45, 7) is 0.487. The SMILES string of the molecule is NC1C=CC(OCCO)C1. The Balaban J connectivity index is 2.14. The molecule has 3 heteroatoms. The van der Waals surface area contributed by atoms with Crippen molar-refractivity contribution >= 4 is 0 Å². The summed E-state index contributed by atoms with van der Waals surface area (Å²) in [7, 11) is 0. The molecule has 0 amide bonds. The molecule has 0 fully saturated rings. The molecular weight excluding hydrogens is 130 g/mol. The first-order valence-corrected chi connectivity index (χ1v) is 3.49. The van der Waals surface area contributed by atoms with Gasteiger partial charge in [-0.2, -0.15) is 0 Å². The molecule has 1 aliphatic carbocycles. The predicted octanol–water partition coefficient (Wildman–Crippen LogP) is -0.349. The van der Waals surface area contributed by atoms with Crippen LogP contribution in [0.3, 0.4) is 0 Å². The van der Waals surface area contributed by atoms with Crippen molar-refractivity contribution in [3.05, 3.63) is 12.2 Å². The zero-order valence-corrected chi connectivity index (χ0v) is 5.86. The van der Waals surface area contributed by atoms with Crippen molar-refractivity contribution in [2.24, 2.45) is 5.73 Å². The zero-order valence-electron chi connectivity index (χ0n) is 5.86. The van der Waals surface area contributed by atoms with Crippen molar-refractivity contribution in [3.63, 3.8) is 0 Å².